The third kappa shape index (κ3) is 1.79. The highest BCUT2D eigenvalue weighted by Crippen LogP contribution is 2.22. The van der Waals surface area contributed by atoms with Crippen LogP contribution in [-0.2, 0) is 4.79 Å². The molecule has 0 bridgehead atoms. The summed E-state index contributed by atoms with van der Waals surface area (Å²) in [7, 11) is 0. The molecule has 0 aromatic carbocycles. The summed E-state index contributed by atoms with van der Waals surface area (Å²) in [6, 6.07) is -0.484. The lowest BCUT2D eigenvalue weighted by molar-refractivity contribution is -0.138. The summed E-state index contributed by atoms with van der Waals surface area (Å²) in [5, 5.41) is 8.60. The Morgan fingerprint density at radius 1 is 1.73 bits per heavy atom. The third-order valence-corrected chi connectivity index (χ3v) is 2.09. The van der Waals surface area contributed by atoms with E-state index in [9.17, 15) is 4.79 Å². The Hall–Kier alpha value is -0.860. The first-order valence-electron chi connectivity index (χ1n) is 3.87. The maximum Gasteiger partial charge on any atom is 0.328 e. The van der Waals surface area contributed by atoms with Crippen molar-refractivity contribution in [2.45, 2.75) is 26.3 Å². The fraction of sp³-hybridized carbons (Fsp3) is 0.750. The number of aliphatic carboxylic acids is 1. The molecule has 2 unspecified atom stereocenters. The molecule has 0 saturated heterocycles. The lowest BCUT2D eigenvalue weighted by Gasteiger charge is -2.10. The molecule has 0 radical (unpaired) electrons. The number of rotatable bonds is 2. The zero-order valence-corrected chi connectivity index (χ0v) is 6.82. The molecule has 0 spiro atoms. The molecule has 62 valence electrons. The Bertz CT molecular complexity index is 187. The zero-order valence-electron chi connectivity index (χ0n) is 6.82. The van der Waals surface area contributed by atoms with Gasteiger partial charge in [0.1, 0.15) is 6.04 Å². The van der Waals surface area contributed by atoms with Crippen molar-refractivity contribution in [3.05, 3.63) is 0 Å². The van der Waals surface area contributed by atoms with E-state index in [1.165, 1.54) is 0 Å². The molecule has 3 heteroatoms. The summed E-state index contributed by atoms with van der Waals surface area (Å²) in [5.74, 6) is 0.0589. The van der Waals surface area contributed by atoms with E-state index in [0.717, 1.165) is 0 Å². The average molecular weight is 155 g/mol. The van der Waals surface area contributed by atoms with Crippen LogP contribution in [0.25, 0.3) is 0 Å². The number of carboxylic acids is 1. The maximum atomic E-state index is 10.5. The van der Waals surface area contributed by atoms with Crippen LogP contribution < -0.4 is 0 Å². The van der Waals surface area contributed by atoms with E-state index in [-0.39, 0.29) is 0 Å². The molecule has 1 aliphatic heterocycles. The number of nitrogens with zero attached hydrogens (tertiary/aromatic N) is 1. The van der Waals surface area contributed by atoms with Crippen LogP contribution in [0.1, 0.15) is 20.3 Å². The molecule has 11 heavy (non-hydrogen) atoms. The Morgan fingerprint density at radius 3 is 2.64 bits per heavy atom. The summed E-state index contributed by atoms with van der Waals surface area (Å²) in [6.45, 7) is 4.17. The highest BCUT2D eigenvalue weighted by Gasteiger charge is 2.27. The molecule has 0 amide bonds. The fourth-order valence-corrected chi connectivity index (χ4v) is 1.20. The monoisotopic (exact) mass is 155 g/mol. The summed E-state index contributed by atoms with van der Waals surface area (Å²) < 4.78 is 0. The van der Waals surface area contributed by atoms with E-state index >= 15 is 0 Å². The molecule has 0 fully saturated rings. The molecule has 1 N–H and O–H groups in total. The van der Waals surface area contributed by atoms with Gasteiger partial charge in [-0.15, -0.1) is 0 Å². The minimum atomic E-state index is -0.801. The number of hydrogen-bond donors (Lipinski definition) is 1. The Balaban J connectivity index is 2.49. The van der Waals surface area contributed by atoms with Gasteiger partial charge in [0.25, 0.3) is 0 Å². The third-order valence-electron chi connectivity index (χ3n) is 2.09. The van der Waals surface area contributed by atoms with Crippen LogP contribution in [0.2, 0.25) is 0 Å². The molecule has 3 nitrogen and oxygen atoms in total. The Kier molecular flexibility index (Phi) is 2.27. The number of carboxylic acid groups (broad SMARTS) is 1. The molecule has 1 heterocycles. The second-order valence-electron chi connectivity index (χ2n) is 3.30. The zero-order chi connectivity index (χ0) is 8.43. The van der Waals surface area contributed by atoms with Gasteiger partial charge in [0, 0.05) is 6.21 Å². The van der Waals surface area contributed by atoms with Gasteiger partial charge >= 0.3 is 5.97 Å². The largest absolute Gasteiger partial charge is 0.480 e. The molecule has 1 aliphatic rings. The Labute approximate surface area is 66.1 Å². The van der Waals surface area contributed by atoms with Crippen molar-refractivity contribution in [2.75, 3.05) is 0 Å². The van der Waals surface area contributed by atoms with Gasteiger partial charge in [0.05, 0.1) is 0 Å². The maximum absolute atomic E-state index is 10.5. The average Bonchev–Trinajstić information content (AvgIpc) is 2.33. The molecule has 0 aromatic heterocycles. The summed E-state index contributed by atoms with van der Waals surface area (Å²) in [4.78, 5) is 14.4. The second kappa shape index (κ2) is 3.03. The highest BCUT2D eigenvalue weighted by molar-refractivity contribution is 5.79. The fourth-order valence-electron chi connectivity index (χ4n) is 1.20. The van der Waals surface area contributed by atoms with Crippen LogP contribution in [0.3, 0.4) is 0 Å². The SMILES string of the molecule is CC(C)C1C=NC(C(=O)O)C1. The van der Waals surface area contributed by atoms with Crippen LogP contribution >= 0.6 is 0 Å². The molecule has 0 aliphatic carbocycles. The second-order valence-corrected chi connectivity index (χ2v) is 3.30. The van der Waals surface area contributed by atoms with Crippen molar-refractivity contribution in [1.29, 1.82) is 0 Å². The van der Waals surface area contributed by atoms with Crippen LogP contribution in [0.4, 0.5) is 0 Å². The molecular weight excluding hydrogens is 142 g/mol. The van der Waals surface area contributed by atoms with Gasteiger partial charge in [-0.3, -0.25) is 4.99 Å². The van der Waals surface area contributed by atoms with E-state index in [1.807, 2.05) is 0 Å². The number of hydrogen-bond acceptors (Lipinski definition) is 2. The van der Waals surface area contributed by atoms with Crippen LogP contribution in [-0.4, -0.2) is 23.3 Å². The first-order valence-corrected chi connectivity index (χ1v) is 3.87. The lowest BCUT2D eigenvalue weighted by atomic mass is 9.93. The van der Waals surface area contributed by atoms with Gasteiger partial charge in [-0.25, -0.2) is 4.79 Å². The molecule has 2 atom stereocenters. The van der Waals surface area contributed by atoms with Gasteiger partial charge in [0.2, 0.25) is 0 Å². The number of aliphatic imine (C=N–C) groups is 1. The van der Waals surface area contributed by atoms with Crippen LogP contribution in [0.15, 0.2) is 4.99 Å². The van der Waals surface area contributed by atoms with Crippen LogP contribution in [0.5, 0.6) is 0 Å². The van der Waals surface area contributed by atoms with Crippen molar-refractivity contribution in [3.8, 4) is 0 Å². The van der Waals surface area contributed by atoms with Crippen molar-refractivity contribution in [2.24, 2.45) is 16.8 Å². The standard InChI is InChI=1S/C8H13NO2/c1-5(2)6-3-7(8(10)11)9-4-6/h4-7H,3H2,1-2H3,(H,10,11). The quantitative estimate of drug-likeness (QED) is 0.651. The minimum absolute atomic E-state index is 0.357. The van der Waals surface area contributed by atoms with Gasteiger partial charge in [-0.1, -0.05) is 13.8 Å². The molecule has 1 rings (SSSR count). The normalized spacial score (nSPS) is 29.7. The van der Waals surface area contributed by atoms with Gasteiger partial charge in [-0.2, -0.15) is 0 Å². The van der Waals surface area contributed by atoms with Crippen molar-refractivity contribution in [3.63, 3.8) is 0 Å². The van der Waals surface area contributed by atoms with E-state index in [4.69, 9.17) is 5.11 Å². The lowest BCUT2D eigenvalue weighted by Crippen LogP contribution is -2.17. The van der Waals surface area contributed by atoms with Gasteiger partial charge in [-0.05, 0) is 18.3 Å². The first kappa shape index (κ1) is 8.24. The topological polar surface area (TPSA) is 49.7 Å². The van der Waals surface area contributed by atoms with Crippen LogP contribution in [0, 0.1) is 11.8 Å². The van der Waals surface area contributed by atoms with E-state index < -0.39 is 12.0 Å². The first-order chi connectivity index (χ1) is 5.11. The number of carbonyl (C=O) groups is 1. The molecule has 0 saturated carbocycles. The van der Waals surface area contributed by atoms with Crippen molar-refractivity contribution >= 4 is 12.2 Å². The summed E-state index contributed by atoms with van der Waals surface area (Å²) >= 11 is 0. The van der Waals surface area contributed by atoms with E-state index in [2.05, 4.69) is 18.8 Å². The van der Waals surface area contributed by atoms with Crippen molar-refractivity contribution < 1.29 is 9.90 Å². The van der Waals surface area contributed by atoms with Crippen molar-refractivity contribution in [1.82, 2.24) is 0 Å². The van der Waals surface area contributed by atoms with E-state index in [0.29, 0.717) is 18.3 Å². The predicted molar refractivity (Wildman–Crippen MR) is 42.9 cm³/mol. The summed E-state index contributed by atoms with van der Waals surface area (Å²) in [6.07, 6.45) is 2.45. The summed E-state index contributed by atoms with van der Waals surface area (Å²) in [5.41, 5.74) is 0. The molecular formula is C8H13NO2. The minimum Gasteiger partial charge on any atom is -0.480 e. The predicted octanol–water partition coefficient (Wildman–Crippen LogP) is 1.19. The van der Waals surface area contributed by atoms with Gasteiger partial charge in [0.15, 0.2) is 0 Å². The molecule has 0 aromatic rings. The smallest absolute Gasteiger partial charge is 0.328 e. The van der Waals surface area contributed by atoms with E-state index in [1.54, 1.807) is 6.21 Å². The van der Waals surface area contributed by atoms with Gasteiger partial charge < -0.3 is 5.11 Å². The highest BCUT2D eigenvalue weighted by atomic mass is 16.4. The Morgan fingerprint density at radius 2 is 2.36 bits per heavy atom.